The van der Waals surface area contributed by atoms with E-state index in [1.807, 2.05) is 0 Å². The van der Waals surface area contributed by atoms with Gasteiger partial charge in [0.05, 0.1) is 8.22 Å². The molecule has 13 aromatic rings. The molecule has 69 heavy (non-hydrogen) atoms. The molecular weight excluding hydrogens is 899 g/mol. The van der Waals surface area contributed by atoms with Crippen LogP contribution in [-0.4, -0.2) is 37.4 Å². The monoisotopic (exact) mass is 976 g/mol. The van der Waals surface area contributed by atoms with E-state index in [-0.39, 0.29) is 8.79 Å². The van der Waals surface area contributed by atoms with E-state index in [4.69, 9.17) is 32.8 Å². The van der Waals surface area contributed by atoms with Crippen LogP contribution >= 0.6 is 0 Å². The Morgan fingerprint density at radius 1 is 0.333 bits per heavy atom. The van der Waals surface area contributed by atoms with E-state index in [2.05, 4.69) is 0 Å². The van der Waals surface area contributed by atoms with Gasteiger partial charge in [-0.25, -0.2) is 0 Å². The quantitative estimate of drug-likeness (QED) is 0.135. The van der Waals surface area contributed by atoms with Crippen LogP contribution in [0.2, 0.25) is 0 Å². The molecule has 0 atom stereocenters. The molecule has 0 bridgehead atoms. The van der Waals surface area contributed by atoms with E-state index >= 15 is 0 Å². The number of rotatable bonds is 9. The predicted molar refractivity (Wildman–Crippen MR) is 288 cm³/mol. The molecule has 324 valence electrons. The fraction of sp³-hybridized carbons (Fsp3) is 0. The third-order valence-electron chi connectivity index (χ3n) is 11.4. The molecule has 10 aromatic carbocycles. The zero-order valence-corrected chi connectivity index (χ0v) is 37.1. The van der Waals surface area contributed by atoms with Gasteiger partial charge in [0.2, 0.25) is 0 Å². The Hall–Kier alpha value is -8.65. The van der Waals surface area contributed by atoms with Crippen LogP contribution in [0.1, 0.15) is 45.2 Å². The SMILES string of the molecule is [2H]c1c([2H])c([2H])c(-c2c([2H])c([2H])c([2H])[c]([Ge]([c]3ccccc3)([c]3ccccc3)[c]3c([2H])c([2H])c([2H])c(-c4nc(-c5c([2H])c([2H])c([2H])c([2H])c5-n5c6c([2H])c([2H])c([2H])c([2H])c6c6c([2H])c([2H])c([2H])c([2H])c65)nc(-n5c6c([2H])c([2H])c([2H])c([2H])c6c6c([2H])c([2H])c([2H])c([2H])c65)n4)c3[2H])c2[2H])c([2H])c1[2H]. The summed E-state index contributed by atoms with van der Waals surface area (Å²) in [6.45, 7) is 0. The predicted octanol–water partition coefficient (Wildman–Crippen LogP) is 12.4. The number of benzene rings is 10. The maximum absolute atomic E-state index is 10.8. The summed E-state index contributed by atoms with van der Waals surface area (Å²) < 4.78 is 308. The van der Waals surface area contributed by atoms with Gasteiger partial charge in [-0.2, -0.15) is 0 Å². The Morgan fingerprint density at radius 2 is 0.768 bits per heavy atom. The average Bonchev–Trinajstić information content (AvgIpc) is 1.34. The van der Waals surface area contributed by atoms with Crippen molar-refractivity contribution < 1.29 is 45.2 Å². The molecule has 0 spiro atoms. The molecule has 0 N–H and O–H groups in total. The second-order valence-electron chi connectivity index (χ2n) is 15.1. The maximum atomic E-state index is 10.8. The van der Waals surface area contributed by atoms with E-state index in [0.717, 1.165) is 4.57 Å². The molecule has 0 amide bonds. The first-order chi connectivity index (χ1) is 48.0. The van der Waals surface area contributed by atoms with Gasteiger partial charge < -0.3 is 0 Å². The first-order valence-corrected chi connectivity index (χ1v) is 25.0. The van der Waals surface area contributed by atoms with Gasteiger partial charge in [-0.3, -0.25) is 0 Å². The zero-order valence-electron chi connectivity index (χ0n) is 68.0. The average molecular weight is 976 g/mol. The Morgan fingerprint density at radius 3 is 1.33 bits per heavy atom. The minimum atomic E-state index is -6.22. The van der Waals surface area contributed by atoms with E-state index in [1.54, 1.807) is 12.1 Å². The Balaban J connectivity index is 1.29. The van der Waals surface area contributed by atoms with Gasteiger partial charge in [0, 0.05) is 0 Å². The molecule has 3 aromatic heterocycles. The zero-order chi connectivity index (χ0) is 74.4. The molecule has 3 heterocycles. The first-order valence-electron chi connectivity index (χ1n) is 37.3. The molecule has 6 heteroatoms. The van der Waals surface area contributed by atoms with Gasteiger partial charge in [0.15, 0.2) is 0 Å². The molecule has 5 nitrogen and oxygen atoms in total. The van der Waals surface area contributed by atoms with Crippen LogP contribution in [0.25, 0.3) is 89.2 Å². The van der Waals surface area contributed by atoms with Gasteiger partial charge >= 0.3 is 429 Å². The van der Waals surface area contributed by atoms with Crippen LogP contribution in [0, 0.1) is 0 Å². The van der Waals surface area contributed by atoms with E-state index < -0.39 is 311 Å². The van der Waals surface area contributed by atoms with Gasteiger partial charge in [-0.15, -0.1) is 0 Å². The fourth-order valence-electron chi connectivity index (χ4n) is 8.51. The van der Waals surface area contributed by atoms with Crippen molar-refractivity contribution in [3.05, 3.63) is 260 Å². The topological polar surface area (TPSA) is 48.5 Å². The summed E-state index contributed by atoms with van der Waals surface area (Å²) in [5.74, 6) is -3.13. The normalized spacial score (nSPS) is 18.5. The minimum absolute atomic E-state index is 0.0949. The summed E-state index contributed by atoms with van der Waals surface area (Å²) in [5, 5.41) is -2.31. The molecule has 0 radical (unpaired) electrons. The molecule has 0 fully saturated rings. The van der Waals surface area contributed by atoms with Gasteiger partial charge in [0.1, 0.15) is 0 Å². The summed E-state index contributed by atoms with van der Waals surface area (Å²) in [6, 6.07) is -16.6. The van der Waals surface area contributed by atoms with E-state index in [1.165, 1.54) is 48.5 Å². The van der Waals surface area contributed by atoms with Crippen molar-refractivity contribution in [3.63, 3.8) is 0 Å². The van der Waals surface area contributed by atoms with Gasteiger partial charge in [0.25, 0.3) is 0 Å². The number of hydrogen-bond donors (Lipinski definition) is 0. The number of nitrogens with zero attached hydrogens (tertiary/aromatic N) is 5. The summed E-state index contributed by atoms with van der Waals surface area (Å²) in [6.07, 6.45) is 0. The number of hydrogen-bond acceptors (Lipinski definition) is 3. The number of para-hydroxylation sites is 5. The molecule has 0 saturated heterocycles. The van der Waals surface area contributed by atoms with Crippen molar-refractivity contribution in [1.29, 1.82) is 0 Å². The summed E-state index contributed by atoms with van der Waals surface area (Å²) in [4.78, 5) is 14.2. The van der Waals surface area contributed by atoms with Crippen LogP contribution in [-0.2, 0) is 0 Å². The molecule has 0 aliphatic heterocycles. The number of aromatic nitrogens is 5. The van der Waals surface area contributed by atoms with Crippen molar-refractivity contribution in [2.75, 3.05) is 0 Å². The summed E-state index contributed by atoms with van der Waals surface area (Å²) in [7, 11) is 0. The van der Waals surface area contributed by atoms with Crippen molar-refractivity contribution in [3.8, 4) is 45.5 Å². The van der Waals surface area contributed by atoms with Crippen molar-refractivity contribution in [1.82, 2.24) is 24.1 Å². The molecule has 0 aliphatic rings. The van der Waals surface area contributed by atoms with E-state index in [0.29, 0.717) is 4.57 Å². The molecule has 0 unspecified atom stereocenters. The van der Waals surface area contributed by atoms with Crippen LogP contribution in [0.4, 0.5) is 0 Å². The Bertz CT molecular complexity index is 5780. The molecule has 0 aliphatic carbocycles. The van der Waals surface area contributed by atoms with Crippen LogP contribution in [0.3, 0.4) is 0 Å². The third kappa shape index (κ3) is 6.73. The first kappa shape index (κ1) is 19.2. The summed E-state index contributed by atoms with van der Waals surface area (Å²) >= 11 is -6.22. The van der Waals surface area contributed by atoms with Crippen molar-refractivity contribution in [2.24, 2.45) is 0 Å². The summed E-state index contributed by atoms with van der Waals surface area (Å²) in [5.41, 5.74) is -7.11. The third-order valence-corrected chi connectivity index (χ3v) is 20.6. The van der Waals surface area contributed by atoms with E-state index in [9.17, 15) is 27.4 Å². The van der Waals surface area contributed by atoms with Crippen molar-refractivity contribution in [2.45, 2.75) is 0 Å². The second-order valence-corrected chi connectivity index (χ2v) is 22.7. The standard InChI is InChI=1S/C63H43GeN5/c1-4-22-44(23-5-1)45-24-20-30-49(42-45)64(47-26-6-2-7-27-47,48-28-8-3-9-29-48)50-31-21-25-46(43-50)61-65-62(67-63(66-61)69-58-39-17-12-34-53(58)54-35-13-18-40-59(54)69)55-36-14-19-41-60(55)68-56-37-15-10-32-51(56)52-33-11-16-38-57(52)68/h1-43H/i1D,4D,5D,10D,11D,12D,13D,14D,15D,16D,17D,18D,19D,20D,21D,22D,23D,24D,25D,30D,31D,32D,33D,34D,35D,36D,37D,38D,39D,40D,41D,42D,43D. The Kier molecular flexibility index (Phi) is 4.69. The van der Waals surface area contributed by atoms with Crippen molar-refractivity contribution >= 4 is 74.5 Å². The molecule has 13 rings (SSSR count). The van der Waals surface area contributed by atoms with Crippen LogP contribution in [0.5, 0.6) is 0 Å². The number of fused-ring (bicyclic) bond motifs is 6. The second kappa shape index (κ2) is 16.9. The van der Waals surface area contributed by atoms with Crippen LogP contribution in [0.15, 0.2) is 260 Å². The fourth-order valence-corrected chi connectivity index (χ4v) is 17.4. The van der Waals surface area contributed by atoms with Gasteiger partial charge in [-0.1, -0.05) is 12.1 Å². The molecule has 0 saturated carbocycles. The van der Waals surface area contributed by atoms with Gasteiger partial charge in [-0.05, 0) is 0 Å². The molecular formula is C63H43GeN5. The Labute approximate surface area is 449 Å². The van der Waals surface area contributed by atoms with Crippen LogP contribution < -0.4 is 17.6 Å².